The van der Waals surface area contributed by atoms with Crippen molar-refractivity contribution in [2.75, 3.05) is 6.61 Å². The number of ether oxygens (including phenoxy) is 1. The lowest BCUT2D eigenvalue weighted by Crippen LogP contribution is -2.88. The van der Waals surface area contributed by atoms with Crippen molar-refractivity contribution in [1.29, 1.82) is 0 Å². The molecular weight excluding hydrogens is 300 g/mol. The summed E-state index contributed by atoms with van der Waals surface area (Å²) in [6.07, 6.45) is 0. The second-order valence-electron chi connectivity index (χ2n) is 5.44. The summed E-state index contributed by atoms with van der Waals surface area (Å²) in [4.78, 5) is 47.2. The van der Waals surface area contributed by atoms with Crippen LogP contribution >= 0.6 is 0 Å². The first kappa shape index (κ1) is 18.5. The van der Waals surface area contributed by atoms with Crippen molar-refractivity contribution in [3.05, 3.63) is 0 Å². The first-order valence-corrected chi connectivity index (χ1v) is 6.31. The molecule has 0 aromatic rings. The monoisotopic (exact) mass is 318 g/mol. The molecule has 9 heteroatoms. The largest absolute Gasteiger partial charge is 0.376 e. The molecule has 0 amide bonds. The zero-order chi connectivity index (χ0) is 17.7. The summed E-state index contributed by atoms with van der Waals surface area (Å²) in [5, 5.41) is 41.8. The number of ketones is 4. The molecule has 0 bridgehead atoms. The number of hydrogen-bond donors (Lipinski definition) is 4. The molecule has 1 rings (SSSR count). The summed E-state index contributed by atoms with van der Waals surface area (Å²) in [6, 6.07) is 0. The highest BCUT2D eigenvalue weighted by molar-refractivity contribution is 6.08. The van der Waals surface area contributed by atoms with Gasteiger partial charge in [-0.3, -0.25) is 19.2 Å². The van der Waals surface area contributed by atoms with Gasteiger partial charge in [0.1, 0.15) is 0 Å². The van der Waals surface area contributed by atoms with Gasteiger partial charge in [-0.25, -0.2) is 0 Å². The summed E-state index contributed by atoms with van der Waals surface area (Å²) < 4.78 is 4.68. The van der Waals surface area contributed by atoms with Crippen molar-refractivity contribution in [2.24, 2.45) is 0 Å². The van der Waals surface area contributed by atoms with E-state index in [4.69, 9.17) is 0 Å². The molecule has 0 aliphatic carbocycles. The van der Waals surface area contributed by atoms with Crippen LogP contribution in [0.15, 0.2) is 0 Å². The standard InChI is InChI=1S/C13H18O9/c1-6(14)10(18)5-22-13(21,9(4)17)12(20,8(3)16)11(10,19)7(2)15/h18-21H,5H2,1-4H3/t10-,11-,12-,13+/m0/s1. The topological polar surface area (TPSA) is 158 Å². The quantitative estimate of drug-likeness (QED) is 0.431. The minimum absolute atomic E-state index is 0.664. The smallest absolute Gasteiger partial charge is 0.267 e. The second kappa shape index (κ2) is 5.00. The van der Waals surface area contributed by atoms with E-state index in [0.29, 0.717) is 13.8 Å². The van der Waals surface area contributed by atoms with E-state index in [0.717, 1.165) is 13.8 Å². The van der Waals surface area contributed by atoms with Gasteiger partial charge in [0.05, 0.1) is 6.61 Å². The van der Waals surface area contributed by atoms with Crippen molar-refractivity contribution in [3.8, 4) is 0 Å². The van der Waals surface area contributed by atoms with Gasteiger partial charge in [-0.2, -0.15) is 0 Å². The highest BCUT2D eigenvalue weighted by Crippen LogP contribution is 2.47. The van der Waals surface area contributed by atoms with Crippen molar-refractivity contribution in [3.63, 3.8) is 0 Å². The summed E-state index contributed by atoms with van der Waals surface area (Å²) >= 11 is 0. The van der Waals surface area contributed by atoms with E-state index in [9.17, 15) is 39.6 Å². The Bertz CT molecular complexity index is 520. The molecule has 4 atom stereocenters. The van der Waals surface area contributed by atoms with Crippen LogP contribution in [0.4, 0.5) is 0 Å². The predicted molar refractivity (Wildman–Crippen MR) is 68.5 cm³/mol. The van der Waals surface area contributed by atoms with Crippen molar-refractivity contribution < 1.29 is 44.3 Å². The maximum Gasteiger partial charge on any atom is 0.267 e. The number of hydrogen-bond acceptors (Lipinski definition) is 9. The Kier molecular flexibility index (Phi) is 4.21. The molecule has 1 aliphatic rings. The lowest BCUT2D eigenvalue weighted by Gasteiger charge is -2.57. The molecule has 9 nitrogen and oxygen atoms in total. The fraction of sp³-hybridized carbons (Fsp3) is 0.692. The van der Waals surface area contributed by atoms with E-state index in [1.54, 1.807) is 0 Å². The Balaban J connectivity index is 3.90. The van der Waals surface area contributed by atoms with Gasteiger partial charge in [-0.1, -0.05) is 0 Å². The average Bonchev–Trinajstić information content (AvgIpc) is 2.39. The number of rotatable bonds is 4. The van der Waals surface area contributed by atoms with E-state index in [1.165, 1.54) is 0 Å². The van der Waals surface area contributed by atoms with E-state index in [2.05, 4.69) is 4.74 Å². The van der Waals surface area contributed by atoms with Gasteiger partial charge in [0, 0.05) is 6.92 Å². The molecule has 124 valence electrons. The number of aliphatic hydroxyl groups is 4. The molecule has 0 unspecified atom stereocenters. The van der Waals surface area contributed by atoms with Gasteiger partial charge in [0.25, 0.3) is 5.79 Å². The summed E-state index contributed by atoms with van der Waals surface area (Å²) in [5.74, 6) is -8.64. The van der Waals surface area contributed by atoms with Crippen LogP contribution in [0.3, 0.4) is 0 Å². The fourth-order valence-electron chi connectivity index (χ4n) is 2.71. The Hall–Kier alpha value is -1.52. The molecule has 22 heavy (non-hydrogen) atoms. The minimum atomic E-state index is -3.57. The van der Waals surface area contributed by atoms with Crippen LogP contribution in [-0.4, -0.2) is 72.8 Å². The zero-order valence-electron chi connectivity index (χ0n) is 12.5. The van der Waals surface area contributed by atoms with E-state index in [1.807, 2.05) is 0 Å². The normalized spacial score (nSPS) is 41.8. The zero-order valence-corrected chi connectivity index (χ0v) is 12.5. The number of Topliss-reactive ketones (excluding diaryl/α,β-unsaturated/α-hetero) is 4. The number of carbonyl (C=O) groups excluding carboxylic acids is 4. The fourth-order valence-corrected chi connectivity index (χ4v) is 2.71. The van der Waals surface area contributed by atoms with Crippen molar-refractivity contribution >= 4 is 23.1 Å². The third-order valence-corrected chi connectivity index (χ3v) is 4.18. The van der Waals surface area contributed by atoms with Crippen molar-refractivity contribution in [1.82, 2.24) is 0 Å². The molecule has 0 saturated carbocycles. The van der Waals surface area contributed by atoms with Gasteiger partial charge in [-0.05, 0) is 20.8 Å². The predicted octanol–water partition coefficient (Wildman–Crippen LogP) is -2.75. The minimum Gasteiger partial charge on any atom is -0.376 e. The van der Waals surface area contributed by atoms with E-state index in [-0.39, 0.29) is 0 Å². The van der Waals surface area contributed by atoms with Crippen molar-refractivity contribution in [2.45, 2.75) is 50.3 Å². The Morgan fingerprint density at radius 2 is 1.14 bits per heavy atom. The summed E-state index contributed by atoms with van der Waals surface area (Å²) in [6.45, 7) is 1.71. The average molecular weight is 318 g/mol. The molecule has 0 aromatic carbocycles. The molecule has 1 saturated heterocycles. The third-order valence-electron chi connectivity index (χ3n) is 4.18. The van der Waals surface area contributed by atoms with Crippen LogP contribution in [0.2, 0.25) is 0 Å². The van der Waals surface area contributed by atoms with E-state index < -0.39 is 52.3 Å². The Morgan fingerprint density at radius 3 is 1.41 bits per heavy atom. The van der Waals surface area contributed by atoms with Crippen LogP contribution in [0.1, 0.15) is 27.7 Å². The lowest BCUT2D eigenvalue weighted by molar-refractivity contribution is -0.367. The van der Waals surface area contributed by atoms with E-state index >= 15 is 0 Å². The summed E-state index contributed by atoms with van der Waals surface area (Å²) in [7, 11) is 0. The maximum atomic E-state index is 11.9. The lowest BCUT2D eigenvalue weighted by atomic mass is 9.60. The van der Waals surface area contributed by atoms with Crippen LogP contribution in [0, 0.1) is 0 Å². The molecule has 1 aliphatic heterocycles. The van der Waals surface area contributed by atoms with Gasteiger partial charge < -0.3 is 25.2 Å². The van der Waals surface area contributed by atoms with Gasteiger partial charge in [0.15, 0.2) is 28.7 Å². The highest BCUT2D eigenvalue weighted by atomic mass is 16.7. The molecule has 1 heterocycles. The van der Waals surface area contributed by atoms with Crippen LogP contribution in [0.5, 0.6) is 0 Å². The van der Waals surface area contributed by atoms with Crippen LogP contribution < -0.4 is 0 Å². The maximum absolute atomic E-state index is 11.9. The molecule has 4 N–H and O–H groups in total. The molecule has 0 radical (unpaired) electrons. The SMILES string of the molecule is CC(=O)[C@@]1(O)[C@@](O)(C(C)=O)[C@@](O)(C(C)=O)OC[C@]1(O)C(C)=O. The first-order valence-electron chi connectivity index (χ1n) is 6.31. The van der Waals surface area contributed by atoms with Gasteiger partial charge in [-0.15, -0.1) is 0 Å². The highest BCUT2D eigenvalue weighted by Gasteiger charge is 2.81. The number of carbonyl (C=O) groups is 4. The first-order chi connectivity index (χ1) is 9.73. The Labute approximate surface area is 125 Å². The molecular formula is C13H18O9. The Morgan fingerprint density at radius 1 is 0.727 bits per heavy atom. The van der Waals surface area contributed by atoms with Gasteiger partial charge >= 0.3 is 0 Å². The molecule has 0 spiro atoms. The third kappa shape index (κ3) is 1.77. The van der Waals surface area contributed by atoms with Gasteiger partial charge in [0.2, 0.25) is 11.2 Å². The molecule has 0 aromatic heterocycles. The molecule has 1 fully saturated rings. The van der Waals surface area contributed by atoms with Crippen LogP contribution in [0.25, 0.3) is 0 Å². The second-order valence-corrected chi connectivity index (χ2v) is 5.44. The van der Waals surface area contributed by atoms with Crippen LogP contribution in [-0.2, 0) is 23.9 Å². The summed E-state index contributed by atoms with van der Waals surface area (Å²) in [5.41, 5.74) is -10.1.